The summed E-state index contributed by atoms with van der Waals surface area (Å²) in [6.45, 7) is 8.02. The lowest BCUT2D eigenvalue weighted by molar-refractivity contribution is 0.454. The molecule has 5 heteroatoms. The molecule has 0 radical (unpaired) electrons. The first-order valence-corrected chi connectivity index (χ1v) is 5.63. The lowest BCUT2D eigenvalue weighted by Crippen LogP contribution is -2.13. The summed E-state index contributed by atoms with van der Waals surface area (Å²) in [6, 6.07) is 0. The Kier molecular flexibility index (Phi) is 4.06. The lowest BCUT2D eigenvalue weighted by atomic mass is 9.91. The molecule has 16 heavy (non-hydrogen) atoms. The number of nitrogens with two attached hydrogens (primary N) is 2. The molecular weight excluding hydrogens is 220 g/mol. The minimum Gasteiger partial charge on any atom is -0.395 e. The van der Waals surface area contributed by atoms with E-state index in [-0.39, 0.29) is 0 Å². The highest BCUT2D eigenvalue weighted by molar-refractivity contribution is 7.71. The van der Waals surface area contributed by atoms with Crippen molar-refractivity contribution in [1.82, 2.24) is 9.97 Å². The first kappa shape index (κ1) is 12.7. The van der Waals surface area contributed by atoms with Crippen LogP contribution >= 0.6 is 12.2 Å². The van der Waals surface area contributed by atoms with Crippen LogP contribution in [0.2, 0.25) is 0 Å². The Balaban J connectivity index is 2.97. The van der Waals surface area contributed by atoms with Crippen molar-refractivity contribution in [3.05, 3.63) is 23.0 Å². The summed E-state index contributed by atoms with van der Waals surface area (Å²) in [6.07, 6.45) is 2.68. The smallest absolute Gasteiger partial charge is 0.198 e. The maximum absolute atomic E-state index is 5.86. The Bertz CT molecular complexity index is 438. The number of rotatable bonds is 4. The van der Waals surface area contributed by atoms with Gasteiger partial charge in [-0.2, -0.15) is 0 Å². The molecule has 5 N–H and O–H groups in total. The number of H-pyrrole nitrogens is 1. The zero-order chi connectivity index (χ0) is 12.3. The van der Waals surface area contributed by atoms with Gasteiger partial charge in [-0.1, -0.05) is 32.1 Å². The summed E-state index contributed by atoms with van der Waals surface area (Å²) in [5.74, 6) is 1.12. The second-order valence-corrected chi connectivity index (χ2v) is 4.50. The number of nitrogen functional groups attached to an aromatic ring is 2. The first-order chi connectivity index (χ1) is 7.45. The Morgan fingerprint density at radius 2 is 2.12 bits per heavy atom. The molecule has 1 heterocycles. The van der Waals surface area contributed by atoms with Crippen LogP contribution in [0, 0.1) is 16.5 Å². The van der Waals surface area contributed by atoms with Gasteiger partial charge in [-0.3, -0.25) is 0 Å². The molecular formula is C11H18N4S. The predicted octanol–water partition coefficient (Wildman–Crippen LogP) is 2.30. The minimum atomic E-state index is 0.313. The van der Waals surface area contributed by atoms with Crippen molar-refractivity contribution < 1.29 is 0 Å². The zero-order valence-electron chi connectivity index (χ0n) is 9.66. The van der Waals surface area contributed by atoms with E-state index in [0.717, 1.165) is 12.1 Å². The minimum absolute atomic E-state index is 0.313. The van der Waals surface area contributed by atoms with Gasteiger partial charge in [-0.25, -0.2) is 4.98 Å². The van der Waals surface area contributed by atoms with Gasteiger partial charge in [0.25, 0.3) is 0 Å². The molecule has 0 saturated carbocycles. The van der Waals surface area contributed by atoms with Gasteiger partial charge >= 0.3 is 0 Å². The fourth-order valence-corrected chi connectivity index (χ4v) is 1.65. The van der Waals surface area contributed by atoms with E-state index in [0.29, 0.717) is 28.1 Å². The van der Waals surface area contributed by atoms with Crippen molar-refractivity contribution in [3.8, 4) is 0 Å². The van der Waals surface area contributed by atoms with Crippen molar-refractivity contribution >= 4 is 23.9 Å². The van der Waals surface area contributed by atoms with E-state index in [2.05, 4.69) is 30.4 Å². The van der Waals surface area contributed by atoms with Crippen LogP contribution in [-0.2, 0) is 6.42 Å². The fourth-order valence-electron chi connectivity index (χ4n) is 1.43. The molecule has 88 valence electrons. The van der Waals surface area contributed by atoms with Crippen molar-refractivity contribution in [3.63, 3.8) is 0 Å². The number of anilines is 2. The third-order valence-corrected chi connectivity index (χ3v) is 3.16. The highest BCUT2D eigenvalue weighted by Crippen LogP contribution is 2.21. The molecule has 2 unspecified atom stereocenters. The number of nitrogens with one attached hydrogen (secondary N) is 1. The van der Waals surface area contributed by atoms with Crippen molar-refractivity contribution in [2.24, 2.45) is 11.8 Å². The van der Waals surface area contributed by atoms with Crippen LogP contribution in [0.5, 0.6) is 0 Å². The summed E-state index contributed by atoms with van der Waals surface area (Å²) in [7, 11) is 0. The molecule has 0 aliphatic heterocycles. The number of aromatic amines is 1. The summed E-state index contributed by atoms with van der Waals surface area (Å²) >= 11 is 5.05. The molecule has 1 aromatic rings. The fraction of sp³-hybridized carbons (Fsp3) is 0.455. The van der Waals surface area contributed by atoms with Gasteiger partial charge in [0.05, 0.1) is 11.4 Å². The molecule has 0 bridgehead atoms. The molecule has 0 saturated heterocycles. The molecule has 1 rings (SSSR count). The summed E-state index contributed by atoms with van der Waals surface area (Å²) < 4.78 is 0.459. The maximum Gasteiger partial charge on any atom is 0.198 e. The van der Waals surface area contributed by atoms with Gasteiger partial charge in [0, 0.05) is 0 Å². The summed E-state index contributed by atoms with van der Waals surface area (Å²) in [5.41, 5.74) is 12.8. The second kappa shape index (κ2) is 5.12. The van der Waals surface area contributed by atoms with E-state index in [9.17, 15) is 0 Å². The van der Waals surface area contributed by atoms with Crippen LogP contribution in [0.1, 0.15) is 19.5 Å². The molecule has 2 atom stereocenters. The van der Waals surface area contributed by atoms with Crippen molar-refractivity contribution in [2.45, 2.75) is 20.3 Å². The number of allylic oxidation sites excluding steroid dienone is 1. The van der Waals surface area contributed by atoms with Gasteiger partial charge in [0.2, 0.25) is 0 Å². The van der Waals surface area contributed by atoms with E-state index < -0.39 is 0 Å². The molecule has 4 nitrogen and oxygen atoms in total. The SMILES string of the molecule is C=CC(C)C(C)Cc1nc(N)[nH]c(=S)c1N. The van der Waals surface area contributed by atoms with Gasteiger partial charge in [-0.15, -0.1) is 6.58 Å². The van der Waals surface area contributed by atoms with Gasteiger partial charge in [0.15, 0.2) is 5.95 Å². The van der Waals surface area contributed by atoms with E-state index in [1.807, 2.05) is 6.08 Å². The van der Waals surface area contributed by atoms with Crippen LogP contribution in [0.4, 0.5) is 11.6 Å². The van der Waals surface area contributed by atoms with E-state index in [1.165, 1.54) is 0 Å². The van der Waals surface area contributed by atoms with Crippen LogP contribution in [0.3, 0.4) is 0 Å². The van der Waals surface area contributed by atoms with Gasteiger partial charge in [-0.05, 0) is 18.3 Å². The molecule has 0 fully saturated rings. The Morgan fingerprint density at radius 1 is 1.50 bits per heavy atom. The number of hydrogen-bond acceptors (Lipinski definition) is 4. The van der Waals surface area contributed by atoms with E-state index >= 15 is 0 Å². The molecule has 0 aliphatic carbocycles. The van der Waals surface area contributed by atoms with Gasteiger partial charge < -0.3 is 16.5 Å². The third-order valence-electron chi connectivity index (χ3n) is 2.84. The second-order valence-electron chi connectivity index (χ2n) is 4.09. The number of hydrogen-bond donors (Lipinski definition) is 3. The Labute approximate surface area is 101 Å². The normalized spacial score (nSPS) is 14.4. The summed E-state index contributed by atoms with van der Waals surface area (Å²) in [5, 5.41) is 0. The van der Waals surface area contributed by atoms with Crippen LogP contribution in [-0.4, -0.2) is 9.97 Å². The highest BCUT2D eigenvalue weighted by Gasteiger charge is 2.13. The van der Waals surface area contributed by atoms with Crippen LogP contribution < -0.4 is 11.5 Å². The van der Waals surface area contributed by atoms with Crippen molar-refractivity contribution in [1.29, 1.82) is 0 Å². The molecule has 0 amide bonds. The largest absolute Gasteiger partial charge is 0.395 e. The monoisotopic (exact) mass is 238 g/mol. The average Bonchev–Trinajstić information content (AvgIpc) is 2.23. The molecule has 0 aromatic carbocycles. The maximum atomic E-state index is 5.86. The molecule has 0 aliphatic rings. The number of nitrogens with zero attached hydrogens (tertiary/aromatic N) is 1. The lowest BCUT2D eigenvalue weighted by Gasteiger charge is -2.16. The standard InChI is InChI=1S/C11H18N4S/c1-4-6(2)7(3)5-8-9(12)10(16)15-11(13)14-8/h4,6-7H,1,5,12H2,2-3H3,(H3,13,14,15,16). The first-order valence-electron chi connectivity index (χ1n) is 5.22. The number of aromatic nitrogens is 2. The Morgan fingerprint density at radius 3 is 2.69 bits per heavy atom. The Hall–Kier alpha value is -1.36. The van der Waals surface area contributed by atoms with E-state index in [1.54, 1.807) is 0 Å². The van der Waals surface area contributed by atoms with Crippen LogP contribution in [0.25, 0.3) is 0 Å². The third kappa shape index (κ3) is 2.82. The summed E-state index contributed by atoms with van der Waals surface area (Å²) in [4.78, 5) is 6.92. The topological polar surface area (TPSA) is 80.7 Å². The van der Waals surface area contributed by atoms with Crippen molar-refractivity contribution in [2.75, 3.05) is 11.5 Å². The zero-order valence-corrected chi connectivity index (χ0v) is 10.5. The van der Waals surface area contributed by atoms with Crippen LogP contribution in [0.15, 0.2) is 12.7 Å². The van der Waals surface area contributed by atoms with Gasteiger partial charge in [0.1, 0.15) is 4.64 Å². The highest BCUT2D eigenvalue weighted by atomic mass is 32.1. The molecule has 0 spiro atoms. The predicted molar refractivity (Wildman–Crippen MR) is 70.5 cm³/mol. The van der Waals surface area contributed by atoms with E-state index in [4.69, 9.17) is 23.7 Å². The average molecular weight is 238 g/mol. The molecule has 1 aromatic heterocycles. The quantitative estimate of drug-likeness (QED) is 0.555.